The smallest absolute Gasteiger partial charge is 0.321 e. The highest BCUT2D eigenvalue weighted by Gasteiger charge is 2.16. The summed E-state index contributed by atoms with van der Waals surface area (Å²) in [7, 11) is 0. The molecule has 1 atom stereocenters. The van der Waals surface area contributed by atoms with Gasteiger partial charge in [-0.05, 0) is 0 Å². The second-order valence-electron chi connectivity index (χ2n) is 2.51. The van der Waals surface area contributed by atoms with Crippen molar-refractivity contribution in [1.82, 2.24) is 15.3 Å². The lowest BCUT2D eigenvalue weighted by Crippen LogP contribution is -2.37. The van der Waals surface area contributed by atoms with Gasteiger partial charge in [0.1, 0.15) is 6.04 Å². The number of nitrogens with one attached hydrogen (secondary N) is 2. The molecule has 1 aromatic rings. The molecule has 0 bridgehead atoms. The first-order chi connectivity index (χ1) is 6.24. The Morgan fingerprint density at radius 1 is 1.85 bits per heavy atom. The molecule has 1 rings (SSSR count). The second-order valence-corrected chi connectivity index (χ2v) is 2.78. The summed E-state index contributed by atoms with van der Waals surface area (Å²) in [6.45, 7) is 0. The van der Waals surface area contributed by atoms with Crippen molar-refractivity contribution in [3.05, 3.63) is 18.2 Å². The van der Waals surface area contributed by atoms with E-state index in [1.165, 1.54) is 6.33 Å². The van der Waals surface area contributed by atoms with E-state index >= 15 is 0 Å². The first-order valence-corrected chi connectivity index (χ1v) is 4.27. The molecule has 0 saturated carbocycles. The number of alkyl halides is 1. The average Bonchev–Trinajstić information content (AvgIpc) is 2.56. The monoisotopic (exact) mass is 203 g/mol. The van der Waals surface area contributed by atoms with Crippen LogP contribution < -0.4 is 5.32 Å². The van der Waals surface area contributed by atoms with Crippen LogP contribution in [0, 0.1) is 0 Å². The van der Waals surface area contributed by atoms with Crippen LogP contribution in [0.2, 0.25) is 0 Å². The Bertz CT molecular complexity index is 263. The third-order valence-electron chi connectivity index (χ3n) is 1.60. The van der Waals surface area contributed by atoms with Crippen LogP contribution in [0.1, 0.15) is 5.69 Å². The Labute approximate surface area is 80.1 Å². The lowest BCUT2D eigenvalue weighted by Gasteiger charge is -2.10. The third-order valence-corrected chi connectivity index (χ3v) is 1.75. The predicted octanol–water partition coefficient (Wildman–Crippen LogP) is 0.191. The lowest BCUT2D eigenvalue weighted by atomic mass is 10.2. The van der Waals surface area contributed by atoms with Crippen molar-refractivity contribution in [1.29, 1.82) is 0 Å². The van der Waals surface area contributed by atoms with Crippen LogP contribution in [-0.4, -0.2) is 33.1 Å². The molecular weight excluding hydrogens is 194 g/mol. The van der Waals surface area contributed by atoms with E-state index in [0.29, 0.717) is 6.42 Å². The number of carboxylic acids is 1. The Morgan fingerprint density at radius 3 is 3.08 bits per heavy atom. The minimum absolute atomic E-state index is 0.116. The number of rotatable bonds is 5. The summed E-state index contributed by atoms with van der Waals surface area (Å²) in [6.07, 6.45) is 3.45. The highest BCUT2D eigenvalue weighted by molar-refractivity contribution is 6.17. The van der Waals surface area contributed by atoms with E-state index in [4.69, 9.17) is 16.7 Å². The standard InChI is InChI=1S/C7H10ClN3O2/c8-3-10-6(7(12)13)1-5-2-9-4-11-5/h2,4,6,10H,1,3H2,(H,9,11)(H,12,13). The summed E-state index contributed by atoms with van der Waals surface area (Å²) in [5.74, 6) is -0.921. The fourth-order valence-electron chi connectivity index (χ4n) is 0.956. The number of hydrogen-bond donors (Lipinski definition) is 3. The van der Waals surface area contributed by atoms with Gasteiger partial charge in [0, 0.05) is 18.3 Å². The van der Waals surface area contributed by atoms with Gasteiger partial charge in [0.2, 0.25) is 0 Å². The van der Waals surface area contributed by atoms with Crippen LogP contribution in [0.5, 0.6) is 0 Å². The van der Waals surface area contributed by atoms with E-state index < -0.39 is 12.0 Å². The number of carboxylic acid groups (broad SMARTS) is 1. The van der Waals surface area contributed by atoms with Gasteiger partial charge in [-0.1, -0.05) is 0 Å². The zero-order valence-corrected chi connectivity index (χ0v) is 7.58. The van der Waals surface area contributed by atoms with Crippen molar-refractivity contribution in [2.45, 2.75) is 12.5 Å². The Kier molecular flexibility index (Phi) is 3.72. The number of hydrogen-bond acceptors (Lipinski definition) is 3. The predicted molar refractivity (Wildman–Crippen MR) is 47.6 cm³/mol. The number of carbonyl (C=O) groups is 1. The van der Waals surface area contributed by atoms with E-state index in [1.807, 2.05) is 0 Å². The average molecular weight is 204 g/mol. The number of aromatic nitrogens is 2. The molecule has 0 aliphatic carbocycles. The summed E-state index contributed by atoms with van der Waals surface area (Å²) in [4.78, 5) is 17.3. The molecule has 0 amide bonds. The highest BCUT2D eigenvalue weighted by atomic mass is 35.5. The first kappa shape index (κ1) is 10.0. The number of aliphatic carboxylic acids is 1. The van der Waals surface area contributed by atoms with Crippen LogP contribution in [0.25, 0.3) is 0 Å². The van der Waals surface area contributed by atoms with Crippen LogP contribution in [0.3, 0.4) is 0 Å². The molecule has 1 aromatic heterocycles. The summed E-state index contributed by atoms with van der Waals surface area (Å²) < 4.78 is 0. The fraction of sp³-hybridized carbons (Fsp3) is 0.429. The quantitative estimate of drug-likeness (QED) is 0.472. The van der Waals surface area contributed by atoms with Crippen molar-refractivity contribution < 1.29 is 9.90 Å². The zero-order valence-electron chi connectivity index (χ0n) is 6.83. The largest absolute Gasteiger partial charge is 0.480 e. The van der Waals surface area contributed by atoms with E-state index in [9.17, 15) is 4.79 Å². The van der Waals surface area contributed by atoms with Crippen molar-refractivity contribution in [3.8, 4) is 0 Å². The fourth-order valence-corrected chi connectivity index (χ4v) is 1.14. The maximum absolute atomic E-state index is 10.7. The second kappa shape index (κ2) is 4.84. The first-order valence-electron chi connectivity index (χ1n) is 3.73. The topological polar surface area (TPSA) is 78.0 Å². The number of halogens is 1. The Hall–Kier alpha value is -1.07. The molecule has 0 aromatic carbocycles. The number of H-pyrrole nitrogens is 1. The van der Waals surface area contributed by atoms with Crippen LogP contribution in [0.15, 0.2) is 12.5 Å². The van der Waals surface area contributed by atoms with Gasteiger partial charge in [0.15, 0.2) is 0 Å². The molecular formula is C7H10ClN3O2. The Morgan fingerprint density at radius 2 is 2.62 bits per heavy atom. The maximum Gasteiger partial charge on any atom is 0.321 e. The molecule has 1 unspecified atom stereocenters. The van der Waals surface area contributed by atoms with E-state index in [2.05, 4.69) is 15.3 Å². The van der Waals surface area contributed by atoms with Crippen LogP contribution >= 0.6 is 11.6 Å². The summed E-state index contributed by atoms with van der Waals surface area (Å²) >= 11 is 5.38. The molecule has 72 valence electrons. The van der Waals surface area contributed by atoms with Crippen molar-refractivity contribution in [2.75, 3.05) is 6.00 Å². The SMILES string of the molecule is O=C(O)C(Cc1cnc[nH]1)NCCl. The molecule has 0 aliphatic rings. The van der Waals surface area contributed by atoms with Gasteiger partial charge in [-0.25, -0.2) is 4.98 Å². The molecule has 0 spiro atoms. The third kappa shape index (κ3) is 3.04. The zero-order chi connectivity index (χ0) is 9.68. The van der Waals surface area contributed by atoms with Crippen molar-refractivity contribution in [2.24, 2.45) is 0 Å². The summed E-state index contributed by atoms with van der Waals surface area (Å²) in [6, 6.07) is -0.552. The molecule has 1 heterocycles. The Balaban J connectivity index is 2.52. The van der Waals surface area contributed by atoms with E-state index in [1.54, 1.807) is 6.20 Å². The van der Waals surface area contributed by atoms with Crippen molar-refractivity contribution >= 4 is 17.6 Å². The van der Waals surface area contributed by atoms with E-state index in [-0.39, 0.29) is 6.00 Å². The van der Waals surface area contributed by atoms with Gasteiger partial charge in [0.05, 0.1) is 12.3 Å². The molecule has 3 N–H and O–H groups in total. The lowest BCUT2D eigenvalue weighted by molar-refractivity contribution is -0.139. The van der Waals surface area contributed by atoms with Gasteiger partial charge < -0.3 is 10.1 Å². The minimum atomic E-state index is -0.921. The molecule has 0 aliphatic heterocycles. The highest BCUT2D eigenvalue weighted by Crippen LogP contribution is 1.98. The van der Waals surface area contributed by atoms with Gasteiger partial charge in [-0.2, -0.15) is 0 Å². The molecule has 0 fully saturated rings. The normalized spacial score (nSPS) is 12.7. The summed E-state index contributed by atoms with van der Waals surface area (Å²) in [5, 5.41) is 11.4. The maximum atomic E-state index is 10.7. The number of nitrogens with zero attached hydrogens (tertiary/aromatic N) is 1. The molecule has 5 nitrogen and oxygen atoms in total. The van der Waals surface area contributed by atoms with Gasteiger partial charge in [-0.3, -0.25) is 10.1 Å². The molecule has 13 heavy (non-hydrogen) atoms. The van der Waals surface area contributed by atoms with Crippen molar-refractivity contribution in [3.63, 3.8) is 0 Å². The number of aromatic amines is 1. The van der Waals surface area contributed by atoms with Crippen LogP contribution in [0.4, 0.5) is 0 Å². The minimum Gasteiger partial charge on any atom is -0.480 e. The van der Waals surface area contributed by atoms with Crippen LogP contribution in [-0.2, 0) is 11.2 Å². The number of imidazole rings is 1. The van der Waals surface area contributed by atoms with Gasteiger partial charge in [-0.15, -0.1) is 11.6 Å². The molecule has 0 saturated heterocycles. The van der Waals surface area contributed by atoms with Gasteiger partial charge in [0.25, 0.3) is 0 Å². The molecule has 6 heteroatoms. The van der Waals surface area contributed by atoms with E-state index in [0.717, 1.165) is 5.69 Å². The van der Waals surface area contributed by atoms with Gasteiger partial charge >= 0.3 is 5.97 Å². The molecule has 0 radical (unpaired) electrons. The summed E-state index contributed by atoms with van der Waals surface area (Å²) in [5.41, 5.74) is 0.769.